The molecule has 0 unspecified atom stereocenters. The van der Waals surface area contributed by atoms with E-state index in [-0.39, 0.29) is 24.0 Å². The summed E-state index contributed by atoms with van der Waals surface area (Å²) in [5.41, 5.74) is 2.68. The third-order valence-corrected chi connectivity index (χ3v) is 8.02. The number of carbonyl (C=O) groups is 1. The molecule has 8 nitrogen and oxygen atoms in total. The number of hydrogen-bond donors (Lipinski definition) is 1. The van der Waals surface area contributed by atoms with Gasteiger partial charge >= 0.3 is 0 Å². The Morgan fingerprint density at radius 1 is 1.03 bits per heavy atom. The summed E-state index contributed by atoms with van der Waals surface area (Å²) in [6.07, 6.45) is 3.03. The van der Waals surface area contributed by atoms with E-state index in [1.165, 1.54) is 10.7 Å². The summed E-state index contributed by atoms with van der Waals surface area (Å²) in [6, 6.07) is 14.6. The van der Waals surface area contributed by atoms with E-state index in [1.54, 1.807) is 29.2 Å². The summed E-state index contributed by atoms with van der Waals surface area (Å²) in [5.74, 6) is -0.215. The van der Waals surface area contributed by atoms with Gasteiger partial charge in [0.05, 0.1) is 12.8 Å². The van der Waals surface area contributed by atoms with Crippen LogP contribution in [0.1, 0.15) is 17.5 Å². The van der Waals surface area contributed by atoms with Crippen LogP contribution in [0.25, 0.3) is 10.9 Å². The van der Waals surface area contributed by atoms with Crippen LogP contribution in [0.5, 0.6) is 0 Å². The largest absolute Gasteiger partial charge is 0.345 e. The minimum absolute atomic E-state index is 0.0662. The quantitative estimate of drug-likeness (QED) is 0.544. The summed E-state index contributed by atoms with van der Waals surface area (Å²) in [5, 5.41) is 7.73. The molecule has 2 aromatic carbocycles. The number of aromatic nitrogens is 1. The van der Waals surface area contributed by atoms with Crippen molar-refractivity contribution in [3.05, 3.63) is 64.7 Å². The van der Waals surface area contributed by atoms with Gasteiger partial charge in [0, 0.05) is 48.6 Å². The molecular formula is C23H24ClN5O3S. The van der Waals surface area contributed by atoms with Gasteiger partial charge in [-0.15, -0.1) is 0 Å². The number of halogens is 1. The number of carbonyl (C=O) groups excluding carboxylic acids is 1. The molecule has 2 saturated heterocycles. The zero-order valence-electron chi connectivity index (χ0n) is 17.9. The molecule has 0 saturated carbocycles. The molecule has 1 aromatic heterocycles. The second-order valence-corrected chi connectivity index (χ2v) is 10.7. The summed E-state index contributed by atoms with van der Waals surface area (Å²) in [7, 11) is -3.81. The molecule has 10 heteroatoms. The topological polar surface area (TPSA) is 89.1 Å². The van der Waals surface area contributed by atoms with E-state index in [4.69, 9.17) is 11.6 Å². The normalized spacial score (nSPS) is 17.8. The Bertz CT molecular complexity index is 1320. The lowest BCUT2D eigenvalue weighted by molar-refractivity contribution is -0.134. The van der Waals surface area contributed by atoms with E-state index < -0.39 is 10.0 Å². The van der Waals surface area contributed by atoms with Gasteiger partial charge in [-0.2, -0.15) is 9.41 Å². The van der Waals surface area contributed by atoms with Gasteiger partial charge in [-0.25, -0.2) is 8.42 Å². The molecule has 0 radical (unpaired) electrons. The smallest absolute Gasteiger partial charge is 0.259 e. The zero-order valence-corrected chi connectivity index (χ0v) is 19.5. The second kappa shape index (κ2) is 8.81. The monoisotopic (exact) mass is 485 g/mol. The molecule has 0 bridgehead atoms. The molecule has 2 aliphatic heterocycles. The number of hydrazone groups is 1. The Labute approximate surface area is 197 Å². The summed E-state index contributed by atoms with van der Waals surface area (Å²) in [4.78, 5) is 17.4. The maximum absolute atomic E-state index is 13.1. The number of nitrogens with one attached hydrogen (secondary N) is 1. The van der Waals surface area contributed by atoms with Crippen molar-refractivity contribution >= 4 is 44.6 Å². The van der Waals surface area contributed by atoms with Crippen molar-refractivity contribution < 1.29 is 13.2 Å². The first kappa shape index (κ1) is 21.9. The highest BCUT2D eigenvalue weighted by molar-refractivity contribution is 7.89. The number of amides is 1. The minimum atomic E-state index is -3.81. The average molecular weight is 486 g/mol. The molecule has 1 N–H and O–H groups in total. The molecule has 33 heavy (non-hydrogen) atoms. The van der Waals surface area contributed by atoms with E-state index in [0.29, 0.717) is 29.0 Å². The van der Waals surface area contributed by atoms with E-state index in [0.717, 1.165) is 24.2 Å². The van der Waals surface area contributed by atoms with E-state index >= 15 is 0 Å². The van der Waals surface area contributed by atoms with Crippen molar-refractivity contribution in [2.75, 3.05) is 32.7 Å². The van der Waals surface area contributed by atoms with Crippen molar-refractivity contribution in [1.29, 1.82) is 0 Å². The molecule has 2 fully saturated rings. The summed E-state index contributed by atoms with van der Waals surface area (Å²) in [6.45, 7) is 2.85. The van der Waals surface area contributed by atoms with Crippen molar-refractivity contribution in [3.63, 3.8) is 0 Å². The Balaban J connectivity index is 1.22. The van der Waals surface area contributed by atoms with Gasteiger partial charge in [0.15, 0.2) is 0 Å². The van der Waals surface area contributed by atoms with Crippen molar-refractivity contribution in [2.45, 2.75) is 18.0 Å². The van der Waals surface area contributed by atoms with Crippen LogP contribution < -0.4 is 0 Å². The fourth-order valence-corrected chi connectivity index (χ4v) is 5.48. The number of rotatable bonds is 6. The van der Waals surface area contributed by atoms with Gasteiger partial charge in [-0.1, -0.05) is 35.9 Å². The average Bonchev–Trinajstić information content (AvgIpc) is 3.19. The molecular weight excluding hydrogens is 462 g/mol. The maximum atomic E-state index is 13.1. The molecule has 0 atom stereocenters. The fraction of sp³-hybridized carbons (Fsp3) is 0.304. The maximum Gasteiger partial charge on any atom is 0.259 e. The lowest BCUT2D eigenvalue weighted by atomic mass is 10.1. The highest BCUT2D eigenvalue weighted by Gasteiger charge is 2.33. The summed E-state index contributed by atoms with van der Waals surface area (Å²) < 4.78 is 27.4. The van der Waals surface area contributed by atoms with Crippen LogP contribution in [0, 0.1) is 0 Å². The number of H-pyrrole nitrogens is 1. The summed E-state index contributed by atoms with van der Waals surface area (Å²) >= 11 is 6.01. The van der Waals surface area contributed by atoms with Crippen molar-refractivity contribution in [3.8, 4) is 0 Å². The minimum Gasteiger partial charge on any atom is -0.345 e. The number of nitrogens with zero attached hydrogens (tertiary/aromatic N) is 4. The molecule has 0 aliphatic carbocycles. The lowest BCUT2D eigenvalue weighted by Crippen LogP contribution is -2.51. The third-order valence-electron chi connectivity index (χ3n) is 6.02. The Morgan fingerprint density at radius 2 is 1.82 bits per heavy atom. The zero-order chi connectivity index (χ0) is 23.0. The van der Waals surface area contributed by atoms with Gasteiger partial charge in [-0.05, 0) is 41.8 Å². The first-order valence-electron chi connectivity index (χ1n) is 10.8. The van der Waals surface area contributed by atoms with Crippen molar-refractivity contribution in [1.82, 2.24) is 19.2 Å². The Morgan fingerprint density at radius 3 is 2.52 bits per heavy atom. The predicted octanol–water partition coefficient (Wildman–Crippen LogP) is 2.89. The van der Waals surface area contributed by atoms with Gasteiger partial charge in [0.2, 0.25) is 5.91 Å². The molecule has 0 spiro atoms. The number of aromatic amines is 1. The molecule has 172 valence electrons. The van der Waals surface area contributed by atoms with Crippen LogP contribution in [0.15, 0.2) is 58.7 Å². The Kier molecular flexibility index (Phi) is 5.86. The van der Waals surface area contributed by atoms with Crippen LogP contribution in [0.4, 0.5) is 0 Å². The van der Waals surface area contributed by atoms with Crippen molar-refractivity contribution in [2.24, 2.45) is 5.10 Å². The number of fused-ring (bicyclic) bond motifs is 1. The van der Waals surface area contributed by atoms with Gasteiger partial charge in [0.25, 0.3) is 10.0 Å². The van der Waals surface area contributed by atoms with Crippen LogP contribution in [0.3, 0.4) is 0 Å². The van der Waals surface area contributed by atoms with E-state index in [9.17, 15) is 13.2 Å². The third kappa shape index (κ3) is 4.62. The highest BCUT2D eigenvalue weighted by atomic mass is 35.5. The number of hydrogen-bond acceptors (Lipinski definition) is 5. The van der Waals surface area contributed by atoms with E-state index in [1.807, 2.05) is 35.5 Å². The first-order chi connectivity index (χ1) is 15.9. The van der Waals surface area contributed by atoms with E-state index in [2.05, 4.69) is 10.1 Å². The Hall–Kier alpha value is -2.88. The predicted molar refractivity (Wildman–Crippen MR) is 128 cm³/mol. The van der Waals surface area contributed by atoms with Gasteiger partial charge in [-0.3, -0.25) is 9.80 Å². The molecule has 1 amide bonds. The SMILES string of the molecule is O=C1CN(S(=O)(=O)c2cc3cc(Cl)ccc3[nH]2)CCN1Cc1ccc(C=NN2CCC2)cc1. The standard InChI is InChI=1S/C23H24ClN5O3S/c24-20-6-7-21-19(12-20)13-22(26-21)33(31,32)29-11-10-27(23(30)16-29)15-18-4-2-17(3-5-18)14-25-28-8-1-9-28/h2-7,12-14,26H,1,8-11,15-16H2. The van der Waals surface area contributed by atoms with Crippen LogP contribution in [-0.4, -0.2) is 72.5 Å². The lowest BCUT2D eigenvalue weighted by Gasteiger charge is -2.33. The van der Waals surface area contributed by atoms with Crippen LogP contribution in [-0.2, 0) is 21.4 Å². The number of piperazine rings is 1. The first-order valence-corrected chi connectivity index (χ1v) is 12.6. The molecule has 3 heterocycles. The number of benzene rings is 2. The molecule has 3 aromatic rings. The highest BCUT2D eigenvalue weighted by Crippen LogP contribution is 2.25. The fourth-order valence-electron chi connectivity index (χ4n) is 3.91. The number of sulfonamides is 1. The van der Waals surface area contributed by atoms with Gasteiger partial charge < -0.3 is 9.88 Å². The molecule has 5 rings (SSSR count). The van der Waals surface area contributed by atoms with Crippen LogP contribution >= 0.6 is 11.6 Å². The van der Waals surface area contributed by atoms with Crippen LogP contribution in [0.2, 0.25) is 5.02 Å². The van der Waals surface area contributed by atoms with Gasteiger partial charge in [0.1, 0.15) is 5.03 Å². The molecule has 2 aliphatic rings. The second-order valence-electron chi connectivity index (χ2n) is 8.31.